The zero-order valence-electron chi connectivity index (χ0n) is 18.0. The van der Waals surface area contributed by atoms with Crippen molar-refractivity contribution in [1.29, 1.82) is 0 Å². The summed E-state index contributed by atoms with van der Waals surface area (Å²) in [5.41, 5.74) is 7.81. The van der Waals surface area contributed by atoms with E-state index in [1.54, 1.807) is 43.0 Å². The Labute approximate surface area is 189 Å². The average molecular weight is 459 g/mol. The molecule has 4 rings (SSSR count). The fraction of sp³-hybridized carbons (Fsp3) is 0.273. The fourth-order valence-electron chi connectivity index (χ4n) is 3.18. The molecule has 4 aromatic rings. The highest BCUT2D eigenvalue weighted by Crippen LogP contribution is 2.33. The van der Waals surface area contributed by atoms with E-state index in [1.807, 2.05) is 23.6 Å². The first-order valence-electron chi connectivity index (χ1n) is 9.84. The Kier molecular flexibility index (Phi) is 6.90. The molecule has 0 bridgehead atoms. The highest BCUT2D eigenvalue weighted by molar-refractivity contribution is 6.31. The van der Waals surface area contributed by atoms with Crippen LogP contribution in [-0.4, -0.2) is 41.3 Å². The van der Waals surface area contributed by atoms with Crippen molar-refractivity contribution in [3.63, 3.8) is 0 Å². The molecule has 3 N–H and O–H groups in total. The van der Waals surface area contributed by atoms with Crippen molar-refractivity contribution < 1.29 is 14.3 Å². The highest BCUT2D eigenvalue weighted by Gasteiger charge is 2.20. The van der Waals surface area contributed by atoms with Gasteiger partial charge in [0, 0.05) is 12.1 Å². The topological polar surface area (TPSA) is 111 Å². The minimum Gasteiger partial charge on any atom is -0.390 e. The lowest BCUT2D eigenvalue weighted by molar-refractivity contribution is -0.106. The molecule has 0 unspecified atom stereocenters. The molecule has 0 saturated carbocycles. The molecular formula is C22H24ClFN6O2. The summed E-state index contributed by atoms with van der Waals surface area (Å²) in [5, 5.41) is 14.9. The Morgan fingerprint density at radius 3 is 2.62 bits per heavy atom. The maximum atomic E-state index is 13.7. The van der Waals surface area contributed by atoms with Crippen molar-refractivity contribution >= 4 is 23.7 Å². The third-order valence-electron chi connectivity index (χ3n) is 4.77. The second-order valence-corrected chi connectivity index (χ2v) is 8.26. The lowest BCUT2D eigenvalue weighted by Gasteiger charge is -2.18. The van der Waals surface area contributed by atoms with Gasteiger partial charge < -0.3 is 15.4 Å². The van der Waals surface area contributed by atoms with Crippen LogP contribution in [0.2, 0.25) is 5.02 Å². The van der Waals surface area contributed by atoms with Crippen molar-refractivity contribution in [2.75, 3.05) is 0 Å². The number of nitrogens with two attached hydrogens (primary N) is 1. The van der Waals surface area contributed by atoms with Crippen LogP contribution in [0, 0.1) is 12.7 Å². The number of hydrogen-bond acceptors (Lipinski definition) is 5. The van der Waals surface area contributed by atoms with Crippen molar-refractivity contribution in [3.8, 4) is 22.6 Å². The molecule has 1 amide bonds. The minimum absolute atomic E-state index is 0.0355. The second-order valence-electron chi connectivity index (χ2n) is 7.85. The Morgan fingerprint density at radius 1 is 1.25 bits per heavy atom. The molecule has 0 atom stereocenters. The van der Waals surface area contributed by atoms with Crippen molar-refractivity contribution in [3.05, 3.63) is 59.4 Å². The number of nitrogens with zero attached hydrogens (tertiary/aromatic N) is 5. The Morgan fingerprint density at radius 2 is 1.97 bits per heavy atom. The van der Waals surface area contributed by atoms with Crippen LogP contribution in [0.4, 0.5) is 4.39 Å². The number of fused-ring (bicyclic) bond motifs is 1. The number of carbonyl (C=O) groups is 1. The standard InChI is InChI=1S/C21H21ClFN5O.CH3NO/c1-13-11-24-18-7-6-17(26-28(13)18)20-19(14-4-5-16(23)15(22)10-14)25-12-27(20)9-8-21(2,3)29;2-1-3/h4-7,10-12,29H,8-9H2,1-3H3;1H,(H2,2,3). The molecule has 0 aliphatic carbocycles. The number of primary amides is 1. The van der Waals surface area contributed by atoms with Crippen LogP contribution >= 0.6 is 11.6 Å². The van der Waals surface area contributed by atoms with Gasteiger partial charge in [-0.3, -0.25) is 4.79 Å². The average Bonchev–Trinajstić information content (AvgIpc) is 3.32. The van der Waals surface area contributed by atoms with E-state index in [0.717, 1.165) is 17.0 Å². The van der Waals surface area contributed by atoms with Crippen molar-refractivity contribution in [2.24, 2.45) is 5.73 Å². The van der Waals surface area contributed by atoms with Gasteiger partial charge in [0.05, 0.1) is 40.2 Å². The summed E-state index contributed by atoms with van der Waals surface area (Å²) in [4.78, 5) is 17.5. The molecule has 168 valence electrons. The number of halogens is 2. The van der Waals surface area contributed by atoms with E-state index in [9.17, 15) is 9.50 Å². The lowest BCUT2D eigenvalue weighted by Crippen LogP contribution is -2.21. The number of amides is 1. The number of imidazole rings is 2. The fourth-order valence-corrected chi connectivity index (χ4v) is 3.36. The number of aromatic nitrogens is 5. The zero-order chi connectivity index (χ0) is 23.5. The summed E-state index contributed by atoms with van der Waals surface area (Å²) in [6, 6.07) is 8.31. The summed E-state index contributed by atoms with van der Waals surface area (Å²) >= 11 is 6.00. The summed E-state index contributed by atoms with van der Waals surface area (Å²) in [7, 11) is 0. The maximum absolute atomic E-state index is 13.7. The summed E-state index contributed by atoms with van der Waals surface area (Å²) in [5.74, 6) is -0.480. The van der Waals surface area contributed by atoms with E-state index in [2.05, 4.69) is 15.7 Å². The van der Waals surface area contributed by atoms with Gasteiger partial charge in [-0.1, -0.05) is 11.6 Å². The summed E-state index contributed by atoms with van der Waals surface area (Å²) in [6.45, 7) is 6.01. The minimum atomic E-state index is -0.820. The first-order valence-corrected chi connectivity index (χ1v) is 10.2. The normalized spacial score (nSPS) is 11.3. The van der Waals surface area contributed by atoms with E-state index in [-0.39, 0.29) is 11.4 Å². The van der Waals surface area contributed by atoms with Gasteiger partial charge >= 0.3 is 0 Å². The summed E-state index contributed by atoms with van der Waals surface area (Å²) in [6.07, 6.45) is 4.25. The van der Waals surface area contributed by atoms with Gasteiger partial charge in [0.1, 0.15) is 11.5 Å². The Balaban J connectivity index is 0.000000913. The smallest absolute Gasteiger partial charge is 0.204 e. The van der Waals surface area contributed by atoms with Crippen LogP contribution < -0.4 is 5.73 Å². The van der Waals surface area contributed by atoms with Crippen LogP contribution in [0.25, 0.3) is 28.3 Å². The molecule has 8 nitrogen and oxygen atoms in total. The number of benzene rings is 1. The first-order chi connectivity index (χ1) is 15.1. The summed E-state index contributed by atoms with van der Waals surface area (Å²) < 4.78 is 17.4. The largest absolute Gasteiger partial charge is 0.390 e. The zero-order valence-corrected chi connectivity index (χ0v) is 18.7. The quantitative estimate of drug-likeness (QED) is 0.443. The predicted octanol–water partition coefficient (Wildman–Crippen LogP) is 3.62. The highest BCUT2D eigenvalue weighted by atomic mass is 35.5. The predicted molar refractivity (Wildman–Crippen MR) is 121 cm³/mol. The molecule has 0 saturated heterocycles. The molecule has 0 spiro atoms. The van der Waals surface area contributed by atoms with Crippen molar-refractivity contribution in [2.45, 2.75) is 39.3 Å². The van der Waals surface area contributed by atoms with Gasteiger partial charge in [0.25, 0.3) is 0 Å². The van der Waals surface area contributed by atoms with E-state index >= 15 is 0 Å². The third-order valence-corrected chi connectivity index (χ3v) is 5.06. The van der Waals surface area contributed by atoms with Crippen LogP contribution in [0.1, 0.15) is 26.0 Å². The van der Waals surface area contributed by atoms with Gasteiger partial charge in [-0.15, -0.1) is 0 Å². The maximum Gasteiger partial charge on any atom is 0.204 e. The van der Waals surface area contributed by atoms with Gasteiger partial charge in [0.2, 0.25) is 6.41 Å². The first kappa shape index (κ1) is 23.4. The molecule has 10 heteroatoms. The number of hydrogen-bond donors (Lipinski definition) is 2. The van der Waals surface area contributed by atoms with E-state index < -0.39 is 11.4 Å². The molecule has 3 aromatic heterocycles. The van der Waals surface area contributed by atoms with E-state index in [4.69, 9.17) is 21.5 Å². The van der Waals surface area contributed by atoms with Gasteiger partial charge in [-0.25, -0.2) is 18.9 Å². The number of aliphatic hydroxyl groups is 1. The monoisotopic (exact) mass is 458 g/mol. The molecule has 0 radical (unpaired) electrons. The second kappa shape index (κ2) is 9.46. The Hall–Kier alpha value is -3.30. The third kappa shape index (κ3) is 5.12. The van der Waals surface area contributed by atoms with Gasteiger partial charge in [-0.05, 0) is 57.5 Å². The molecule has 0 aliphatic heterocycles. The van der Waals surface area contributed by atoms with Crippen LogP contribution in [0.15, 0.2) is 42.9 Å². The molecule has 0 fully saturated rings. The number of aryl methyl sites for hydroxylation is 2. The lowest BCUT2D eigenvalue weighted by atomic mass is 10.1. The van der Waals surface area contributed by atoms with Gasteiger partial charge in [0.15, 0.2) is 5.65 Å². The Bertz CT molecular complexity index is 1250. The number of rotatable bonds is 5. The SMILES string of the molecule is Cc1cnc2ccc(-c3c(-c4ccc(F)c(Cl)c4)ncn3CCC(C)(C)O)nn12.NC=O. The van der Waals surface area contributed by atoms with E-state index in [1.165, 1.54) is 6.07 Å². The van der Waals surface area contributed by atoms with Crippen LogP contribution in [0.5, 0.6) is 0 Å². The van der Waals surface area contributed by atoms with Crippen LogP contribution in [0.3, 0.4) is 0 Å². The molecule has 32 heavy (non-hydrogen) atoms. The number of carbonyl (C=O) groups excluding carboxylic acids is 1. The van der Waals surface area contributed by atoms with Gasteiger partial charge in [-0.2, -0.15) is 5.10 Å². The van der Waals surface area contributed by atoms with E-state index in [0.29, 0.717) is 29.9 Å². The van der Waals surface area contributed by atoms with Crippen LogP contribution in [-0.2, 0) is 11.3 Å². The molecular weight excluding hydrogens is 435 g/mol. The molecule has 1 aromatic carbocycles. The van der Waals surface area contributed by atoms with Crippen molar-refractivity contribution in [1.82, 2.24) is 24.1 Å². The molecule has 0 aliphatic rings. The molecule has 3 heterocycles.